The van der Waals surface area contributed by atoms with Crippen LogP contribution in [0.1, 0.15) is 65.8 Å². The lowest BCUT2D eigenvalue weighted by atomic mass is 9.90. The number of anilines is 3. The number of aryl methyl sites for hydroxylation is 1. The number of carbonyl (C=O) groups is 2. The van der Waals surface area contributed by atoms with Crippen LogP contribution in [0.25, 0.3) is 0 Å². The van der Waals surface area contributed by atoms with Crippen LogP contribution in [0.5, 0.6) is 0 Å². The van der Waals surface area contributed by atoms with E-state index >= 15 is 0 Å². The Kier molecular flexibility index (Phi) is 6.21. The van der Waals surface area contributed by atoms with Crippen LogP contribution in [-0.2, 0) is 26.9 Å². The topological polar surface area (TPSA) is 123 Å². The van der Waals surface area contributed by atoms with E-state index in [0.29, 0.717) is 17.3 Å². The van der Waals surface area contributed by atoms with Gasteiger partial charge in [-0.1, -0.05) is 13.8 Å². The first-order valence-corrected chi connectivity index (χ1v) is 12.8. The van der Waals surface area contributed by atoms with Crippen molar-refractivity contribution in [2.24, 2.45) is 25.2 Å². The molecule has 1 aliphatic carbocycles. The Bertz CT molecular complexity index is 1350. The number of nitrogens with one attached hydrogen (secondary N) is 2. The summed E-state index contributed by atoms with van der Waals surface area (Å²) in [6.07, 6.45) is 9.12. The smallest absolute Gasteiger partial charge is 0.271 e. The number of nitrogens with two attached hydrogens (primary N) is 1. The molecule has 2 amide bonds. The molecule has 10 heteroatoms. The van der Waals surface area contributed by atoms with Crippen molar-refractivity contribution in [1.29, 1.82) is 0 Å². The van der Waals surface area contributed by atoms with E-state index < -0.39 is 5.91 Å². The first-order valence-electron chi connectivity index (χ1n) is 12.8. The second-order valence-corrected chi connectivity index (χ2v) is 11.2. The fourth-order valence-corrected chi connectivity index (χ4v) is 5.74. The van der Waals surface area contributed by atoms with Crippen molar-refractivity contribution < 1.29 is 9.59 Å². The van der Waals surface area contributed by atoms with Crippen LogP contribution in [0.4, 0.5) is 17.3 Å². The molecule has 5 rings (SSSR count). The lowest BCUT2D eigenvalue weighted by Crippen LogP contribution is -2.54. The third-order valence-corrected chi connectivity index (χ3v) is 7.68. The normalized spacial score (nSPS) is 20.5. The highest BCUT2D eigenvalue weighted by Gasteiger charge is 2.35. The van der Waals surface area contributed by atoms with Gasteiger partial charge in [0, 0.05) is 50.8 Å². The molecule has 1 aliphatic heterocycles. The maximum Gasteiger partial charge on any atom is 0.271 e. The number of piperidine rings is 1. The van der Waals surface area contributed by atoms with Gasteiger partial charge in [-0.2, -0.15) is 0 Å². The first kappa shape index (κ1) is 24.9. The highest BCUT2D eigenvalue weighted by molar-refractivity contribution is 5.96. The van der Waals surface area contributed by atoms with Crippen LogP contribution < -0.4 is 21.3 Å². The third-order valence-electron chi connectivity index (χ3n) is 7.68. The number of aromatic nitrogens is 4. The van der Waals surface area contributed by atoms with Gasteiger partial charge in [0.2, 0.25) is 0 Å². The zero-order chi connectivity index (χ0) is 26.5. The largest absolute Gasteiger partial charge is 0.364 e. The predicted molar refractivity (Wildman–Crippen MR) is 143 cm³/mol. The van der Waals surface area contributed by atoms with E-state index in [1.54, 1.807) is 6.20 Å². The molecule has 0 bridgehead atoms. The Morgan fingerprint density at radius 2 is 2.00 bits per heavy atom. The van der Waals surface area contributed by atoms with Gasteiger partial charge in [-0.25, -0.2) is 9.97 Å². The first-order chi connectivity index (χ1) is 17.5. The van der Waals surface area contributed by atoms with Crippen LogP contribution in [-0.4, -0.2) is 49.5 Å². The monoisotopic (exact) mass is 504 g/mol. The van der Waals surface area contributed by atoms with Gasteiger partial charge in [-0.05, 0) is 55.7 Å². The molecule has 0 aromatic carbocycles. The van der Waals surface area contributed by atoms with Gasteiger partial charge < -0.3 is 30.4 Å². The molecule has 0 spiro atoms. The molecule has 37 heavy (non-hydrogen) atoms. The highest BCUT2D eigenvalue weighted by atomic mass is 16.2. The van der Waals surface area contributed by atoms with E-state index in [4.69, 9.17) is 10.7 Å². The van der Waals surface area contributed by atoms with Crippen molar-refractivity contribution >= 4 is 29.1 Å². The third kappa shape index (κ3) is 4.80. The summed E-state index contributed by atoms with van der Waals surface area (Å²) in [4.78, 5) is 36.5. The quantitative estimate of drug-likeness (QED) is 0.474. The van der Waals surface area contributed by atoms with E-state index in [1.807, 2.05) is 37.1 Å². The molecule has 1 saturated heterocycles. The molecule has 4 N–H and O–H groups in total. The number of fused-ring (bicyclic) bond motifs is 1. The fourth-order valence-electron chi connectivity index (χ4n) is 5.74. The summed E-state index contributed by atoms with van der Waals surface area (Å²) in [6, 6.07) is 3.88. The molecule has 4 heterocycles. The van der Waals surface area contributed by atoms with Crippen molar-refractivity contribution in [3.63, 3.8) is 0 Å². The zero-order valence-corrected chi connectivity index (χ0v) is 22.2. The summed E-state index contributed by atoms with van der Waals surface area (Å²) in [7, 11) is 3.90. The molecule has 1 fully saturated rings. The Hall–Kier alpha value is -3.82. The van der Waals surface area contributed by atoms with Gasteiger partial charge in [-0.3, -0.25) is 9.59 Å². The van der Waals surface area contributed by atoms with Crippen molar-refractivity contribution in [2.45, 2.75) is 58.5 Å². The zero-order valence-electron chi connectivity index (χ0n) is 22.2. The average Bonchev–Trinajstić information content (AvgIpc) is 3.47. The Balaban J connectivity index is 1.34. The van der Waals surface area contributed by atoms with Crippen LogP contribution in [0.2, 0.25) is 0 Å². The second-order valence-electron chi connectivity index (χ2n) is 11.2. The number of rotatable bonds is 6. The summed E-state index contributed by atoms with van der Waals surface area (Å²) in [5.74, 6) is 0.257. The van der Waals surface area contributed by atoms with Gasteiger partial charge in [-0.15, -0.1) is 0 Å². The molecule has 196 valence electrons. The molecule has 0 saturated carbocycles. The van der Waals surface area contributed by atoms with Gasteiger partial charge >= 0.3 is 0 Å². The molecular formula is C27H36N8O2. The number of hydrogen-bond acceptors (Lipinski definition) is 6. The van der Waals surface area contributed by atoms with Gasteiger partial charge in [0.05, 0.1) is 11.9 Å². The molecular weight excluding hydrogens is 468 g/mol. The van der Waals surface area contributed by atoms with E-state index in [0.717, 1.165) is 37.9 Å². The average molecular weight is 505 g/mol. The molecule has 2 atom stereocenters. The lowest BCUT2D eigenvalue weighted by molar-refractivity contribution is 0.0914. The summed E-state index contributed by atoms with van der Waals surface area (Å²) < 4.78 is 3.95. The van der Waals surface area contributed by atoms with Crippen LogP contribution in [0, 0.1) is 5.41 Å². The minimum atomic E-state index is -0.646. The Morgan fingerprint density at radius 3 is 2.68 bits per heavy atom. The Morgan fingerprint density at radius 1 is 1.22 bits per heavy atom. The van der Waals surface area contributed by atoms with Crippen molar-refractivity contribution in [3.8, 4) is 0 Å². The number of primary amides is 1. The molecule has 0 radical (unpaired) electrons. The van der Waals surface area contributed by atoms with Gasteiger partial charge in [0.25, 0.3) is 11.8 Å². The summed E-state index contributed by atoms with van der Waals surface area (Å²) in [5, 5.41) is 6.45. The van der Waals surface area contributed by atoms with Crippen LogP contribution >= 0.6 is 0 Å². The summed E-state index contributed by atoms with van der Waals surface area (Å²) >= 11 is 0. The minimum absolute atomic E-state index is 0.0120. The molecule has 3 aromatic heterocycles. The lowest BCUT2D eigenvalue weighted by Gasteiger charge is -2.40. The Labute approximate surface area is 217 Å². The maximum absolute atomic E-state index is 13.3. The molecule has 2 aliphatic rings. The van der Waals surface area contributed by atoms with Crippen molar-refractivity contribution in [2.75, 3.05) is 16.8 Å². The number of carbonyl (C=O) groups excluding carboxylic acids is 2. The van der Waals surface area contributed by atoms with Crippen molar-refractivity contribution in [3.05, 3.63) is 53.4 Å². The molecule has 10 nitrogen and oxygen atoms in total. The number of amides is 2. The van der Waals surface area contributed by atoms with Crippen LogP contribution in [0.15, 0.2) is 30.7 Å². The minimum Gasteiger partial charge on any atom is -0.364 e. The van der Waals surface area contributed by atoms with Gasteiger partial charge in [0.15, 0.2) is 11.5 Å². The number of nitrogens with zero attached hydrogens (tertiary/aromatic N) is 5. The highest BCUT2D eigenvalue weighted by Crippen LogP contribution is 2.37. The summed E-state index contributed by atoms with van der Waals surface area (Å²) in [6.45, 7) is 7.40. The van der Waals surface area contributed by atoms with E-state index in [2.05, 4.69) is 51.9 Å². The van der Waals surface area contributed by atoms with Gasteiger partial charge in [0.1, 0.15) is 11.5 Å². The maximum atomic E-state index is 13.3. The van der Waals surface area contributed by atoms with Crippen LogP contribution in [0.3, 0.4) is 0 Å². The van der Waals surface area contributed by atoms with E-state index in [1.165, 1.54) is 11.3 Å². The summed E-state index contributed by atoms with van der Waals surface area (Å²) in [5.41, 5.74) is 9.93. The SMILES string of the molecule is C[C@@H]1[C@H](NC(=O)c2cc3c(n2C)CC(C)(C)C3)CCCN1c1cnc(C(N)=O)c(Nc2ccn(C)c2)n1. The predicted octanol–water partition coefficient (Wildman–Crippen LogP) is 2.91. The van der Waals surface area contributed by atoms with E-state index in [9.17, 15) is 9.59 Å². The number of hydrogen-bond donors (Lipinski definition) is 3. The van der Waals surface area contributed by atoms with Crippen molar-refractivity contribution in [1.82, 2.24) is 24.4 Å². The molecule has 0 unspecified atom stereocenters. The fraction of sp³-hybridized carbons (Fsp3) is 0.481. The standard InChI is InChI=1S/C27H36N8O2/c1-16-19(31-26(37)20-11-17-12-27(2,3)13-21(17)34(20)5)7-6-9-35(16)22-14-29-23(24(28)36)25(32-22)30-18-8-10-33(4)15-18/h8,10-11,14-16,19H,6-7,9,12-13H2,1-5H3,(H2,28,36)(H,30,32)(H,31,37)/t16-,19-/m1/s1. The van der Waals surface area contributed by atoms with E-state index in [-0.39, 0.29) is 29.1 Å². The molecule has 3 aromatic rings. The second kappa shape index (κ2) is 9.24.